The van der Waals surface area contributed by atoms with Crippen LogP contribution in [0.1, 0.15) is 18.9 Å². The number of nitrogens with zero attached hydrogens (tertiary/aromatic N) is 1. The lowest BCUT2D eigenvalue weighted by Crippen LogP contribution is -2.28. The summed E-state index contributed by atoms with van der Waals surface area (Å²) in [4.78, 5) is 14.5. The second kappa shape index (κ2) is 5.87. The fraction of sp³-hybridized carbons (Fsp3) is 0.286. The van der Waals surface area contributed by atoms with Crippen molar-refractivity contribution in [3.63, 3.8) is 0 Å². The number of amides is 1. The van der Waals surface area contributed by atoms with Crippen molar-refractivity contribution in [3.8, 4) is 11.5 Å². The van der Waals surface area contributed by atoms with E-state index in [1.54, 1.807) is 23.1 Å². The summed E-state index contributed by atoms with van der Waals surface area (Å²) in [6.07, 6.45) is 2.65. The molecule has 0 aliphatic carbocycles. The van der Waals surface area contributed by atoms with Gasteiger partial charge in [-0.05, 0) is 30.2 Å². The first-order valence-electron chi connectivity index (χ1n) is 6.44. The van der Waals surface area contributed by atoms with E-state index in [0.29, 0.717) is 32.3 Å². The lowest BCUT2D eigenvalue weighted by molar-refractivity contribution is -0.122. The molecule has 2 aliphatic heterocycles. The second-order valence-corrected chi connectivity index (χ2v) is 6.65. The molecule has 1 aromatic rings. The monoisotopic (exact) mass is 341 g/mol. The summed E-state index contributed by atoms with van der Waals surface area (Å²) in [5.41, 5.74) is 0.793. The zero-order valence-corrected chi connectivity index (χ0v) is 13.6. The van der Waals surface area contributed by atoms with Gasteiger partial charge < -0.3 is 9.47 Å². The third kappa shape index (κ3) is 2.75. The number of hydrogen-bond acceptors (Lipinski definition) is 5. The number of thiocarbonyl (C=S) groups is 1. The zero-order chi connectivity index (χ0) is 15.0. The van der Waals surface area contributed by atoms with Crippen molar-refractivity contribution in [2.75, 3.05) is 13.3 Å². The van der Waals surface area contributed by atoms with E-state index in [1.165, 1.54) is 11.8 Å². The Morgan fingerprint density at radius 2 is 2.29 bits per heavy atom. The van der Waals surface area contributed by atoms with Gasteiger partial charge in [-0.25, -0.2) is 0 Å². The molecule has 0 saturated carbocycles. The maximum Gasteiger partial charge on any atom is 0.266 e. The van der Waals surface area contributed by atoms with Crippen molar-refractivity contribution in [1.29, 1.82) is 0 Å². The normalized spacial score (nSPS) is 19.0. The topological polar surface area (TPSA) is 38.8 Å². The SMILES string of the molecule is CCCN1C(=O)C(=Cc2cc(Cl)c3c(c2)OCO3)SC1=S. The van der Waals surface area contributed by atoms with Gasteiger partial charge in [0, 0.05) is 6.54 Å². The fourth-order valence-corrected chi connectivity index (χ4v) is 3.72. The van der Waals surface area contributed by atoms with E-state index >= 15 is 0 Å². The van der Waals surface area contributed by atoms with E-state index in [4.69, 9.17) is 33.3 Å². The number of fused-ring (bicyclic) bond motifs is 1. The van der Waals surface area contributed by atoms with Gasteiger partial charge in [-0.3, -0.25) is 9.69 Å². The summed E-state index contributed by atoms with van der Waals surface area (Å²) in [6.45, 7) is 2.82. The molecule has 1 aromatic carbocycles. The fourth-order valence-electron chi connectivity index (χ4n) is 2.14. The minimum atomic E-state index is -0.0550. The molecule has 0 spiro atoms. The molecular weight excluding hydrogens is 330 g/mol. The Labute approximate surface area is 137 Å². The van der Waals surface area contributed by atoms with Crippen LogP contribution in [0.2, 0.25) is 5.02 Å². The quantitative estimate of drug-likeness (QED) is 0.619. The molecule has 0 N–H and O–H groups in total. The molecule has 7 heteroatoms. The molecule has 21 heavy (non-hydrogen) atoms. The van der Waals surface area contributed by atoms with Crippen LogP contribution >= 0.6 is 35.6 Å². The van der Waals surface area contributed by atoms with Crippen molar-refractivity contribution in [2.24, 2.45) is 0 Å². The lowest BCUT2D eigenvalue weighted by Gasteiger charge is -2.11. The van der Waals surface area contributed by atoms with E-state index in [1.807, 2.05) is 6.92 Å². The molecule has 110 valence electrons. The molecule has 2 aliphatic rings. The summed E-state index contributed by atoms with van der Waals surface area (Å²) < 4.78 is 11.2. The number of benzene rings is 1. The van der Waals surface area contributed by atoms with E-state index in [0.717, 1.165) is 12.0 Å². The first-order valence-corrected chi connectivity index (χ1v) is 8.05. The zero-order valence-electron chi connectivity index (χ0n) is 11.2. The van der Waals surface area contributed by atoms with Crippen LogP contribution in [0, 0.1) is 0 Å². The Balaban J connectivity index is 1.91. The number of carbonyl (C=O) groups is 1. The third-order valence-corrected chi connectivity index (χ3v) is 4.73. The summed E-state index contributed by atoms with van der Waals surface area (Å²) in [6, 6.07) is 3.56. The Kier molecular flexibility index (Phi) is 4.10. The molecule has 0 unspecified atom stereocenters. The first kappa shape index (κ1) is 14.7. The first-order chi connectivity index (χ1) is 10.1. The van der Waals surface area contributed by atoms with Crippen LogP contribution < -0.4 is 9.47 Å². The average Bonchev–Trinajstić information content (AvgIpc) is 3.00. The molecule has 3 rings (SSSR count). The highest BCUT2D eigenvalue weighted by atomic mass is 35.5. The van der Waals surface area contributed by atoms with Gasteiger partial charge in [0.25, 0.3) is 5.91 Å². The Hall–Kier alpha value is -1.24. The number of ether oxygens (including phenoxy) is 2. The van der Waals surface area contributed by atoms with Crippen LogP contribution in [0.3, 0.4) is 0 Å². The highest BCUT2D eigenvalue weighted by Gasteiger charge is 2.31. The minimum Gasteiger partial charge on any atom is -0.454 e. The van der Waals surface area contributed by atoms with Crippen molar-refractivity contribution in [3.05, 3.63) is 27.6 Å². The predicted octanol–water partition coefficient (Wildman–Crippen LogP) is 3.68. The molecule has 2 heterocycles. The van der Waals surface area contributed by atoms with E-state index in [9.17, 15) is 4.79 Å². The maximum atomic E-state index is 12.3. The van der Waals surface area contributed by atoms with Crippen LogP contribution in [0.4, 0.5) is 0 Å². The molecular formula is C14H12ClNO3S2. The van der Waals surface area contributed by atoms with Crippen LogP contribution in [0.15, 0.2) is 17.0 Å². The highest BCUT2D eigenvalue weighted by Crippen LogP contribution is 2.41. The number of hydrogen-bond donors (Lipinski definition) is 0. The summed E-state index contributed by atoms with van der Waals surface area (Å²) in [7, 11) is 0. The van der Waals surface area contributed by atoms with E-state index in [-0.39, 0.29) is 12.7 Å². The van der Waals surface area contributed by atoms with Crippen LogP contribution in [0.25, 0.3) is 6.08 Å². The van der Waals surface area contributed by atoms with Crippen molar-refractivity contribution >= 4 is 51.9 Å². The van der Waals surface area contributed by atoms with Gasteiger partial charge in [-0.2, -0.15) is 0 Å². The smallest absolute Gasteiger partial charge is 0.266 e. The Bertz CT molecular complexity index is 660. The van der Waals surface area contributed by atoms with Crippen LogP contribution in [-0.2, 0) is 4.79 Å². The molecule has 0 radical (unpaired) electrons. The third-order valence-electron chi connectivity index (χ3n) is 3.07. The van der Waals surface area contributed by atoms with Crippen molar-refractivity contribution in [1.82, 2.24) is 4.90 Å². The molecule has 1 amide bonds. The minimum absolute atomic E-state index is 0.0550. The predicted molar refractivity (Wildman–Crippen MR) is 87.7 cm³/mol. The summed E-state index contributed by atoms with van der Waals surface area (Å²) in [5, 5.41) is 0.472. The average molecular weight is 342 g/mol. The van der Waals surface area contributed by atoms with Crippen molar-refractivity contribution in [2.45, 2.75) is 13.3 Å². The van der Waals surface area contributed by atoms with Gasteiger partial charge in [-0.15, -0.1) is 0 Å². The van der Waals surface area contributed by atoms with Crippen LogP contribution in [0.5, 0.6) is 11.5 Å². The number of rotatable bonds is 3. The van der Waals surface area contributed by atoms with Gasteiger partial charge in [-0.1, -0.05) is 42.5 Å². The number of thioether (sulfide) groups is 1. The molecule has 1 fully saturated rings. The van der Waals surface area contributed by atoms with Gasteiger partial charge in [0.2, 0.25) is 6.79 Å². The number of carbonyl (C=O) groups excluding carboxylic acids is 1. The van der Waals surface area contributed by atoms with Crippen molar-refractivity contribution < 1.29 is 14.3 Å². The van der Waals surface area contributed by atoms with E-state index < -0.39 is 0 Å². The maximum absolute atomic E-state index is 12.3. The molecule has 1 saturated heterocycles. The summed E-state index contributed by atoms with van der Waals surface area (Å²) in [5.74, 6) is 1.09. The Morgan fingerprint density at radius 3 is 3.05 bits per heavy atom. The highest BCUT2D eigenvalue weighted by molar-refractivity contribution is 8.26. The van der Waals surface area contributed by atoms with E-state index in [2.05, 4.69) is 0 Å². The molecule has 0 atom stereocenters. The Morgan fingerprint density at radius 1 is 1.48 bits per heavy atom. The molecule has 4 nitrogen and oxygen atoms in total. The molecule has 0 aromatic heterocycles. The number of halogens is 1. The van der Waals surface area contributed by atoms with Crippen LogP contribution in [-0.4, -0.2) is 28.5 Å². The summed E-state index contributed by atoms with van der Waals surface area (Å²) >= 11 is 12.7. The lowest BCUT2D eigenvalue weighted by atomic mass is 10.2. The van der Waals surface area contributed by atoms with Gasteiger partial charge in [0.05, 0.1) is 9.93 Å². The van der Waals surface area contributed by atoms with Gasteiger partial charge >= 0.3 is 0 Å². The van der Waals surface area contributed by atoms with Gasteiger partial charge in [0.1, 0.15) is 4.32 Å². The second-order valence-electron chi connectivity index (χ2n) is 4.57. The van der Waals surface area contributed by atoms with Gasteiger partial charge in [0.15, 0.2) is 11.5 Å². The standard InChI is InChI=1S/C14H12ClNO3S2/c1-2-3-16-13(17)11(21-14(16)20)6-8-4-9(15)12-10(5-8)18-7-19-12/h4-6H,2-3,7H2,1H3. The largest absolute Gasteiger partial charge is 0.454 e. The molecule has 0 bridgehead atoms.